The summed E-state index contributed by atoms with van der Waals surface area (Å²) >= 11 is 0. The van der Waals surface area contributed by atoms with Gasteiger partial charge in [0.1, 0.15) is 5.82 Å². The summed E-state index contributed by atoms with van der Waals surface area (Å²) in [6.07, 6.45) is 0. The molecule has 0 radical (unpaired) electrons. The van der Waals surface area contributed by atoms with Crippen molar-refractivity contribution in [3.63, 3.8) is 0 Å². The fourth-order valence-electron chi connectivity index (χ4n) is 1.86. The van der Waals surface area contributed by atoms with E-state index in [2.05, 4.69) is 9.97 Å². The molecular weight excluding hydrogens is 224 g/mol. The number of anilines is 2. The van der Waals surface area contributed by atoms with Crippen LogP contribution < -0.4 is 11.5 Å². The average Bonchev–Trinajstić information content (AvgIpc) is 2.39. The van der Waals surface area contributed by atoms with Gasteiger partial charge in [0.05, 0.1) is 5.52 Å². The Labute approximate surface area is 104 Å². The van der Waals surface area contributed by atoms with Gasteiger partial charge in [-0.25, -0.2) is 9.97 Å². The van der Waals surface area contributed by atoms with Crippen molar-refractivity contribution in [2.45, 2.75) is 0 Å². The Morgan fingerprint density at radius 2 is 1.50 bits per heavy atom. The van der Waals surface area contributed by atoms with Gasteiger partial charge < -0.3 is 11.5 Å². The lowest BCUT2D eigenvalue weighted by atomic mass is 10.1. The summed E-state index contributed by atoms with van der Waals surface area (Å²) in [5.74, 6) is 1.11. The smallest absolute Gasteiger partial charge is 0.162 e. The van der Waals surface area contributed by atoms with E-state index in [9.17, 15) is 0 Å². The Morgan fingerprint density at radius 1 is 0.778 bits per heavy atom. The first-order valence-corrected chi connectivity index (χ1v) is 5.62. The molecule has 4 N–H and O–H groups in total. The van der Waals surface area contributed by atoms with Gasteiger partial charge in [0.2, 0.25) is 0 Å². The minimum Gasteiger partial charge on any atom is -0.399 e. The third-order valence-electron chi connectivity index (χ3n) is 2.80. The topological polar surface area (TPSA) is 77.8 Å². The van der Waals surface area contributed by atoms with E-state index in [1.807, 2.05) is 48.5 Å². The molecule has 0 fully saturated rings. The predicted octanol–water partition coefficient (Wildman–Crippen LogP) is 2.46. The van der Waals surface area contributed by atoms with Gasteiger partial charge in [0.25, 0.3) is 0 Å². The SMILES string of the molecule is Nc1ccc(-c2nc(N)c3ccccc3n2)cc1. The molecule has 0 bridgehead atoms. The van der Waals surface area contributed by atoms with Gasteiger partial charge in [0.15, 0.2) is 5.82 Å². The second-order valence-corrected chi connectivity index (χ2v) is 4.07. The van der Waals surface area contributed by atoms with E-state index in [1.54, 1.807) is 0 Å². The number of aromatic nitrogens is 2. The summed E-state index contributed by atoms with van der Waals surface area (Å²) in [6, 6.07) is 15.1. The zero-order valence-electron chi connectivity index (χ0n) is 9.67. The number of nitrogen functional groups attached to an aromatic ring is 2. The molecule has 18 heavy (non-hydrogen) atoms. The number of benzene rings is 2. The molecule has 0 unspecified atom stereocenters. The maximum atomic E-state index is 5.95. The lowest BCUT2D eigenvalue weighted by Gasteiger charge is -2.05. The summed E-state index contributed by atoms with van der Waals surface area (Å²) < 4.78 is 0. The van der Waals surface area contributed by atoms with Gasteiger partial charge in [0, 0.05) is 16.6 Å². The van der Waals surface area contributed by atoms with E-state index >= 15 is 0 Å². The lowest BCUT2D eigenvalue weighted by Crippen LogP contribution is -1.97. The molecule has 0 aliphatic heterocycles. The highest BCUT2D eigenvalue weighted by atomic mass is 14.9. The standard InChI is InChI=1S/C14H12N4/c15-10-7-5-9(6-8-10)14-17-12-4-2-1-3-11(12)13(16)18-14/h1-8H,15H2,(H2,16,17,18). The number of para-hydroxylation sites is 1. The molecule has 3 rings (SSSR count). The maximum absolute atomic E-state index is 5.95. The minimum absolute atomic E-state index is 0.493. The van der Waals surface area contributed by atoms with Crippen LogP contribution in [0.3, 0.4) is 0 Å². The van der Waals surface area contributed by atoms with Gasteiger partial charge in [-0.1, -0.05) is 12.1 Å². The molecule has 1 aromatic heterocycles. The first-order valence-electron chi connectivity index (χ1n) is 5.62. The number of nitrogens with zero attached hydrogens (tertiary/aromatic N) is 2. The molecule has 3 aromatic rings. The minimum atomic E-state index is 0.493. The number of hydrogen-bond donors (Lipinski definition) is 2. The molecule has 88 valence electrons. The van der Waals surface area contributed by atoms with Crippen molar-refractivity contribution in [1.82, 2.24) is 9.97 Å². The Hall–Kier alpha value is -2.62. The highest BCUT2D eigenvalue weighted by molar-refractivity contribution is 5.89. The van der Waals surface area contributed by atoms with Gasteiger partial charge in [-0.3, -0.25) is 0 Å². The Balaban J connectivity index is 2.21. The second kappa shape index (κ2) is 4.00. The van der Waals surface area contributed by atoms with Crippen molar-refractivity contribution in [2.24, 2.45) is 0 Å². The summed E-state index contributed by atoms with van der Waals surface area (Å²) in [5.41, 5.74) is 14.1. The molecule has 0 atom stereocenters. The highest BCUT2D eigenvalue weighted by Crippen LogP contribution is 2.23. The van der Waals surface area contributed by atoms with Crippen LogP contribution in [0.15, 0.2) is 48.5 Å². The molecule has 2 aromatic carbocycles. The summed E-state index contributed by atoms with van der Waals surface area (Å²) in [4.78, 5) is 8.83. The van der Waals surface area contributed by atoms with Crippen LogP contribution in [0.5, 0.6) is 0 Å². The molecular formula is C14H12N4. The van der Waals surface area contributed by atoms with Crippen LogP contribution in [0.25, 0.3) is 22.3 Å². The van der Waals surface area contributed by atoms with Crippen molar-refractivity contribution < 1.29 is 0 Å². The average molecular weight is 236 g/mol. The molecule has 0 saturated carbocycles. The zero-order chi connectivity index (χ0) is 12.5. The van der Waals surface area contributed by atoms with Crippen LogP contribution in [0, 0.1) is 0 Å². The van der Waals surface area contributed by atoms with E-state index in [4.69, 9.17) is 11.5 Å². The molecule has 1 heterocycles. The highest BCUT2D eigenvalue weighted by Gasteiger charge is 2.06. The Morgan fingerprint density at radius 3 is 2.28 bits per heavy atom. The molecule has 0 aliphatic carbocycles. The molecule has 0 spiro atoms. The van der Waals surface area contributed by atoms with Gasteiger partial charge in [-0.2, -0.15) is 0 Å². The van der Waals surface area contributed by atoms with Crippen molar-refractivity contribution >= 4 is 22.4 Å². The fraction of sp³-hybridized carbons (Fsp3) is 0. The largest absolute Gasteiger partial charge is 0.399 e. The Kier molecular flexibility index (Phi) is 2.34. The fourth-order valence-corrected chi connectivity index (χ4v) is 1.86. The number of hydrogen-bond acceptors (Lipinski definition) is 4. The number of fused-ring (bicyclic) bond motifs is 1. The van der Waals surface area contributed by atoms with Gasteiger partial charge in [-0.15, -0.1) is 0 Å². The lowest BCUT2D eigenvalue weighted by molar-refractivity contribution is 1.23. The summed E-state index contributed by atoms with van der Waals surface area (Å²) in [7, 11) is 0. The van der Waals surface area contributed by atoms with Crippen LogP contribution in [0.2, 0.25) is 0 Å². The summed E-state index contributed by atoms with van der Waals surface area (Å²) in [6.45, 7) is 0. The molecule has 4 heteroatoms. The maximum Gasteiger partial charge on any atom is 0.162 e. The van der Waals surface area contributed by atoms with Gasteiger partial charge >= 0.3 is 0 Å². The van der Waals surface area contributed by atoms with Crippen LogP contribution in [0.1, 0.15) is 0 Å². The van der Waals surface area contributed by atoms with Crippen molar-refractivity contribution in [1.29, 1.82) is 0 Å². The molecule has 0 aliphatic rings. The van der Waals surface area contributed by atoms with Crippen molar-refractivity contribution in [3.05, 3.63) is 48.5 Å². The van der Waals surface area contributed by atoms with Crippen LogP contribution >= 0.6 is 0 Å². The van der Waals surface area contributed by atoms with E-state index in [1.165, 1.54) is 0 Å². The van der Waals surface area contributed by atoms with Gasteiger partial charge in [-0.05, 0) is 36.4 Å². The quantitative estimate of drug-likeness (QED) is 0.636. The molecule has 0 saturated heterocycles. The van der Waals surface area contributed by atoms with E-state index in [-0.39, 0.29) is 0 Å². The first-order chi connectivity index (χ1) is 8.74. The van der Waals surface area contributed by atoms with E-state index in [0.717, 1.165) is 16.5 Å². The van der Waals surface area contributed by atoms with E-state index < -0.39 is 0 Å². The third-order valence-corrected chi connectivity index (χ3v) is 2.80. The second-order valence-electron chi connectivity index (χ2n) is 4.07. The molecule has 0 amide bonds. The zero-order valence-corrected chi connectivity index (χ0v) is 9.67. The van der Waals surface area contributed by atoms with Crippen molar-refractivity contribution in [3.8, 4) is 11.4 Å². The Bertz CT molecular complexity index is 705. The van der Waals surface area contributed by atoms with Crippen LogP contribution in [-0.4, -0.2) is 9.97 Å². The first kappa shape index (κ1) is 10.5. The normalized spacial score (nSPS) is 10.7. The van der Waals surface area contributed by atoms with Crippen molar-refractivity contribution in [2.75, 3.05) is 11.5 Å². The number of rotatable bonds is 1. The third kappa shape index (κ3) is 1.73. The van der Waals surface area contributed by atoms with E-state index in [0.29, 0.717) is 17.3 Å². The predicted molar refractivity (Wildman–Crippen MR) is 73.8 cm³/mol. The van der Waals surface area contributed by atoms with Crippen LogP contribution in [0.4, 0.5) is 11.5 Å². The summed E-state index contributed by atoms with van der Waals surface area (Å²) in [5, 5.41) is 0.872. The molecule has 4 nitrogen and oxygen atoms in total. The van der Waals surface area contributed by atoms with Crippen LogP contribution in [-0.2, 0) is 0 Å². The number of nitrogens with two attached hydrogens (primary N) is 2. The monoisotopic (exact) mass is 236 g/mol.